The van der Waals surface area contributed by atoms with Crippen molar-refractivity contribution in [2.24, 2.45) is 0 Å². The zero-order chi connectivity index (χ0) is 23.4. The van der Waals surface area contributed by atoms with Gasteiger partial charge in [0.2, 0.25) is 0 Å². The van der Waals surface area contributed by atoms with Crippen LogP contribution in [0.1, 0.15) is 21.7 Å². The van der Waals surface area contributed by atoms with Crippen LogP contribution < -0.4 is 10.9 Å². The van der Waals surface area contributed by atoms with E-state index in [9.17, 15) is 18.8 Å². The van der Waals surface area contributed by atoms with Crippen LogP contribution in [0.3, 0.4) is 0 Å². The Hall–Kier alpha value is -4.33. The number of benzene rings is 3. The van der Waals surface area contributed by atoms with E-state index in [-0.39, 0.29) is 17.7 Å². The lowest BCUT2D eigenvalue weighted by Gasteiger charge is -2.11. The minimum absolute atomic E-state index is 0.00828. The summed E-state index contributed by atoms with van der Waals surface area (Å²) in [4.78, 5) is 41.6. The number of esters is 1. The molecule has 4 aromatic rings. The normalized spacial score (nSPS) is 10.7. The van der Waals surface area contributed by atoms with E-state index in [4.69, 9.17) is 4.74 Å². The summed E-state index contributed by atoms with van der Waals surface area (Å²) in [5.74, 6) is -1.15. The lowest BCUT2D eigenvalue weighted by molar-refractivity contribution is -0.124. The van der Waals surface area contributed by atoms with Crippen LogP contribution in [0, 0.1) is 12.7 Å². The number of hydrogen-bond acceptors (Lipinski definition) is 5. The van der Waals surface area contributed by atoms with E-state index in [1.807, 2.05) is 6.07 Å². The number of hydrogen-bond donors (Lipinski definition) is 1. The van der Waals surface area contributed by atoms with Crippen LogP contribution in [0.5, 0.6) is 0 Å². The molecule has 0 saturated heterocycles. The number of carbonyl (C=O) groups excluding carboxylic acids is 2. The Kier molecular flexibility index (Phi) is 6.26. The molecular formula is C25H20FN3O4. The molecule has 0 fully saturated rings. The van der Waals surface area contributed by atoms with Gasteiger partial charge in [-0.25, -0.2) is 14.2 Å². The Morgan fingerprint density at radius 3 is 2.45 bits per heavy atom. The number of nitrogens with one attached hydrogen (secondary N) is 1. The summed E-state index contributed by atoms with van der Waals surface area (Å²) < 4.78 is 20.1. The highest BCUT2D eigenvalue weighted by Gasteiger charge is 2.13. The maximum absolute atomic E-state index is 13.6. The van der Waals surface area contributed by atoms with E-state index in [1.165, 1.54) is 22.8 Å². The molecule has 0 aliphatic rings. The van der Waals surface area contributed by atoms with Crippen molar-refractivity contribution in [2.45, 2.75) is 13.5 Å². The number of aromatic nitrogens is 2. The number of carbonyl (C=O) groups is 2. The third kappa shape index (κ3) is 4.79. The zero-order valence-electron chi connectivity index (χ0n) is 17.7. The summed E-state index contributed by atoms with van der Waals surface area (Å²) in [6, 6.07) is 19.4. The predicted molar refractivity (Wildman–Crippen MR) is 121 cm³/mol. The Morgan fingerprint density at radius 2 is 1.70 bits per heavy atom. The molecule has 0 aliphatic heterocycles. The van der Waals surface area contributed by atoms with Crippen molar-refractivity contribution in [1.82, 2.24) is 14.9 Å². The SMILES string of the molecule is Cc1nc2ccccc2c(=O)n1-c1ccc(C(=O)OCC(=O)NCc2ccccc2F)cc1. The molecule has 8 heteroatoms. The smallest absolute Gasteiger partial charge is 0.338 e. The van der Waals surface area contributed by atoms with Crippen molar-refractivity contribution in [3.05, 3.63) is 106 Å². The van der Waals surface area contributed by atoms with Crippen LogP contribution >= 0.6 is 0 Å². The number of para-hydroxylation sites is 1. The van der Waals surface area contributed by atoms with Gasteiger partial charge in [-0.3, -0.25) is 14.2 Å². The van der Waals surface area contributed by atoms with Gasteiger partial charge in [0, 0.05) is 12.1 Å². The fourth-order valence-electron chi connectivity index (χ4n) is 3.40. The second-order valence-corrected chi connectivity index (χ2v) is 7.31. The average molecular weight is 445 g/mol. The van der Waals surface area contributed by atoms with Crippen LogP contribution in [0.2, 0.25) is 0 Å². The average Bonchev–Trinajstić information content (AvgIpc) is 2.82. The second kappa shape index (κ2) is 9.44. The molecule has 4 rings (SSSR count). The van der Waals surface area contributed by atoms with Gasteiger partial charge in [-0.05, 0) is 49.4 Å². The Morgan fingerprint density at radius 1 is 1.00 bits per heavy atom. The first-order valence-electron chi connectivity index (χ1n) is 10.2. The number of amides is 1. The van der Waals surface area contributed by atoms with Crippen molar-refractivity contribution >= 4 is 22.8 Å². The largest absolute Gasteiger partial charge is 0.452 e. The Bertz CT molecular complexity index is 1400. The molecule has 1 amide bonds. The Labute approximate surface area is 188 Å². The van der Waals surface area contributed by atoms with Gasteiger partial charge >= 0.3 is 5.97 Å². The van der Waals surface area contributed by atoms with Gasteiger partial charge < -0.3 is 10.1 Å². The molecule has 33 heavy (non-hydrogen) atoms. The number of aryl methyl sites for hydroxylation is 1. The van der Waals surface area contributed by atoms with E-state index in [0.29, 0.717) is 28.0 Å². The molecule has 0 atom stereocenters. The van der Waals surface area contributed by atoms with Crippen LogP contribution in [0.25, 0.3) is 16.6 Å². The van der Waals surface area contributed by atoms with Gasteiger partial charge in [0.15, 0.2) is 6.61 Å². The summed E-state index contributed by atoms with van der Waals surface area (Å²) in [7, 11) is 0. The first-order valence-corrected chi connectivity index (χ1v) is 10.2. The standard InChI is InChI=1S/C25H20FN3O4/c1-16-28-22-9-5-3-7-20(22)24(31)29(16)19-12-10-17(11-13-19)25(32)33-15-23(30)27-14-18-6-2-4-8-21(18)26/h2-13H,14-15H2,1H3,(H,27,30). The molecule has 0 saturated carbocycles. The van der Waals surface area contributed by atoms with Gasteiger partial charge in [0.05, 0.1) is 22.2 Å². The minimum atomic E-state index is -0.691. The molecule has 166 valence electrons. The van der Waals surface area contributed by atoms with Crippen molar-refractivity contribution in [2.75, 3.05) is 6.61 Å². The van der Waals surface area contributed by atoms with Gasteiger partial charge in [0.1, 0.15) is 11.6 Å². The monoisotopic (exact) mass is 445 g/mol. The van der Waals surface area contributed by atoms with Crippen molar-refractivity contribution in [3.63, 3.8) is 0 Å². The molecule has 0 spiro atoms. The third-order valence-corrected chi connectivity index (χ3v) is 5.07. The number of nitrogens with zero attached hydrogens (tertiary/aromatic N) is 2. The molecule has 1 N–H and O–H groups in total. The van der Waals surface area contributed by atoms with Crippen LogP contribution in [0.15, 0.2) is 77.6 Å². The van der Waals surface area contributed by atoms with Crippen LogP contribution in [0.4, 0.5) is 4.39 Å². The summed E-state index contributed by atoms with van der Waals surface area (Å²) in [6.45, 7) is 1.23. The van der Waals surface area contributed by atoms with Crippen LogP contribution in [-0.4, -0.2) is 28.0 Å². The van der Waals surface area contributed by atoms with E-state index in [0.717, 1.165) is 0 Å². The maximum Gasteiger partial charge on any atom is 0.338 e. The molecule has 7 nitrogen and oxygen atoms in total. The molecule has 0 unspecified atom stereocenters. The first kappa shape index (κ1) is 21.9. The van der Waals surface area contributed by atoms with Crippen molar-refractivity contribution < 1.29 is 18.7 Å². The molecule has 1 aromatic heterocycles. The summed E-state index contributed by atoms with van der Waals surface area (Å²) in [5.41, 5.74) is 1.51. The summed E-state index contributed by atoms with van der Waals surface area (Å²) in [6.07, 6.45) is 0. The number of rotatable bonds is 6. The summed E-state index contributed by atoms with van der Waals surface area (Å²) in [5, 5.41) is 3.00. The van der Waals surface area contributed by atoms with Crippen molar-refractivity contribution in [1.29, 1.82) is 0 Å². The fraction of sp³-hybridized carbons (Fsp3) is 0.120. The lowest BCUT2D eigenvalue weighted by atomic mass is 10.2. The predicted octanol–water partition coefficient (Wildman–Crippen LogP) is 3.31. The quantitative estimate of drug-likeness (QED) is 0.460. The number of fused-ring (bicyclic) bond motifs is 1. The maximum atomic E-state index is 13.6. The molecular weight excluding hydrogens is 425 g/mol. The first-order chi connectivity index (χ1) is 15.9. The number of ether oxygens (including phenoxy) is 1. The molecule has 0 aliphatic carbocycles. The molecule has 0 bridgehead atoms. The molecule has 1 heterocycles. The van der Waals surface area contributed by atoms with Crippen LogP contribution in [-0.2, 0) is 16.1 Å². The third-order valence-electron chi connectivity index (χ3n) is 5.07. The topological polar surface area (TPSA) is 90.3 Å². The van der Waals surface area contributed by atoms with E-state index in [2.05, 4.69) is 10.3 Å². The van der Waals surface area contributed by atoms with Crippen molar-refractivity contribution in [3.8, 4) is 5.69 Å². The van der Waals surface area contributed by atoms with Gasteiger partial charge in [-0.15, -0.1) is 0 Å². The lowest BCUT2D eigenvalue weighted by Crippen LogP contribution is -2.28. The molecule has 3 aromatic carbocycles. The fourth-order valence-corrected chi connectivity index (χ4v) is 3.40. The van der Waals surface area contributed by atoms with Gasteiger partial charge in [-0.2, -0.15) is 0 Å². The Balaban J connectivity index is 1.41. The van der Waals surface area contributed by atoms with Gasteiger partial charge in [-0.1, -0.05) is 30.3 Å². The van der Waals surface area contributed by atoms with E-state index < -0.39 is 24.3 Å². The zero-order valence-corrected chi connectivity index (χ0v) is 17.7. The second-order valence-electron chi connectivity index (χ2n) is 7.31. The van der Waals surface area contributed by atoms with Gasteiger partial charge in [0.25, 0.3) is 11.5 Å². The number of halogens is 1. The van der Waals surface area contributed by atoms with E-state index >= 15 is 0 Å². The minimum Gasteiger partial charge on any atom is -0.452 e. The highest BCUT2D eigenvalue weighted by atomic mass is 19.1. The highest BCUT2D eigenvalue weighted by molar-refractivity contribution is 5.91. The summed E-state index contributed by atoms with van der Waals surface area (Å²) >= 11 is 0. The highest BCUT2D eigenvalue weighted by Crippen LogP contribution is 2.14. The van der Waals surface area contributed by atoms with E-state index in [1.54, 1.807) is 55.5 Å². The molecule has 0 radical (unpaired) electrons.